The lowest BCUT2D eigenvalue weighted by molar-refractivity contribution is -0.165. The van der Waals surface area contributed by atoms with Gasteiger partial charge in [-0.1, -0.05) is 62.2 Å². The molecule has 158 valence electrons. The summed E-state index contributed by atoms with van der Waals surface area (Å²) in [6, 6.07) is 13.3. The predicted molar refractivity (Wildman–Crippen MR) is 120 cm³/mol. The largest absolute Gasteiger partial charge is 0.427 e. The van der Waals surface area contributed by atoms with Crippen LogP contribution in [0.2, 0.25) is 5.02 Å². The lowest BCUT2D eigenvalue weighted by Crippen LogP contribution is -2.49. The second-order valence-corrected chi connectivity index (χ2v) is 7.90. The Bertz CT molecular complexity index is 987. The maximum Gasteiger partial charge on any atom is 0.305 e. The average molecular weight is 427 g/mol. The number of benzene rings is 2. The van der Waals surface area contributed by atoms with Crippen molar-refractivity contribution in [3.05, 3.63) is 64.2 Å². The first kappa shape index (κ1) is 22.0. The number of ether oxygens (including phenoxy) is 1. The van der Waals surface area contributed by atoms with Crippen molar-refractivity contribution in [3.63, 3.8) is 0 Å². The monoisotopic (exact) mass is 426 g/mol. The third kappa shape index (κ3) is 3.99. The van der Waals surface area contributed by atoms with E-state index in [9.17, 15) is 9.59 Å². The summed E-state index contributed by atoms with van der Waals surface area (Å²) in [6.45, 7) is 5.33. The highest BCUT2D eigenvalue weighted by Crippen LogP contribution is 2.38. The summed E-state index contributed by atoms with van der Waals surface area (Å²) in [6.07, 6.45) is 2.54. The Kier molecular flexibility index (Phi) is 6.61. The highest BCUT2D eigenvalue weighted by atomic mass is 35.5. The molecule has 1 heterocycles. The first-order valence-corrected chi connectivity index (χ1v) is 10.7. The molecule has 0 aromatic heterocycles. The Morgan fingerprint density at radius 1 is 1.13 bits per heavy atom. The van der Waals surface area contributed by atoms with E-state index >= 15 is 0 Å². The number of benzodiazepines with no additional fused rings is 1. The van der Waals surface area contributed by atoms with E-state index in [1.165, 1.54) is 6.92 Å². The number of rotatable bonds is 6. The summed E-state index contributed by atoms with van der Waals surface area (Å²) in [5.74, 6) is -0.907. The molecule has 30 heavy (non-hydrogen) atoms. The number of hydrogen-bond donors (Lipinski definition) is 0. The zero-order chi connectivity index (χ0) is 21.9. The number of carbonyl (C=O) groups excluding carboxylic acids is 2. The smallest absolute Gasteiger partial charge is 0.305 e. The lowest BCUT2D eigenvalue weighted by atomic mass is 9.93. The molecule has 0 spiro atoms. The van der Waals surface area contributed by atoms with Crippen LogP contribution in [0.1, 0.15) is 56.7 Å². The van der Waals surface area contributed by atoms with E-state index in [0.717, 1.165) is 29.5 Å². The van der Waals surface area contributed by atoms with Crippen molar-refractivity contribution in [1.29, 1.82) is 0 Å². The molecule has 0 saturated carbocycles. The lowest BCUT2D eigenvalue weighted by Gasteiger charge is -2.30. The number of aliphatic imine (C=N–C) groups is 1. The van der Waals surface area contributed by atoms with Gasteiger partial charge >= 0.3 is 5.97 Å². The zero-order valence-electron chi connectivity index (χ0n) is 17.9. The molecule has 6 heteroatoms. The summed E-state index contributed by atoms with van der Waals surface area (Å²) in [4.78, 5) is 32.0. The predicted octanol–water partition coefficient (Wildman–Crippen LogP) is 5.17. The molecular weight excluding hydrogens is 400 g/mol. The van der Waals surface area contributed by atoms with Crippen molar-refractivity contribution >= 4 is 34.9 Å². The van der Waals surface area contributed by atoms with Crippen LogP contribution in [0.3, 0.4) is 0 Å². The molecule has 1 aliphatic heterocycles. The third-order valence-corrected chi connectivity index (χ3v) is 5.57. The number of esters is 1. The van der Waals surface area contributed by atoms with Crippen molar-refractivity contribution in [2.45, 2.75) is 52.2 Å². The number of hydrogen-bond acceptors (Lipinski definition) is 4. The number of amides is 1. The molecule has 0 N–H and O–H groups in total. The van der Waals surface area contributed by atoms with Crippen molar-refractivity contribution in [1.82, 2.24) is 0 Å². The quantitative estimate of drug-likeness (QED) is 0.599. The number of nitrogens with zero attached hydrogens (tertiary/aromatic N) is 2. The number of carbonyl (C=O) groups is 2. The standard InChI is InChI=1S/C24H27ClN2O3/c1-5-10-18-19(25)13-14-20-21(18)22(17-11-8-7-9-12-17)26-24(15-6-2,30-16(3)28)23(29)27(20)4/h7-9,11-14H,5-6,10,15H2,1-4H3. The van der Waals surface area contributed by atoms with Gasteiger partial charge in [0.25, 0.3) is 11.6 Å². The molecule has 1 aliphatic rings. The molecule has 0 radical (unpaired) electrons. The van der Waals surface area contributed by atoms with Crippen LogP contribution < -0.4 is 4.90 Å². The molecule has 0 aliphatic carbocycles. The molecule has 2 aromatic rings. The van der Waals surface area contributed by atoms with Gasteiger partial charge in [0.15, 0.2) is 0 Å². The molecular formula is C24H27ClN2O3. The summed E-state index contributed by atoms with van der Waals surface area (Å²) >= 11 is 6.60. The van der Waals surface area contributed by atoms with Gasteiger partial charge in [-0.05, 0) is 30.5 Å². The van der Waals surface area contributed by atoms with E-state index in [1.807, 2.05) is 49.4 Å². The third-order valence-electron chi connectivity index (χ3n) is 5.21. The van der Waals surface area contributed by atoms with E-state index < -0.39 is 11.7 Å². The molecule has 0 fully saturated rings. The molecule has 3 rings (SSSR count). The van der Waals surface area contributed by atoms with Crippen LogP contribution in [-0.4, -0.2) is 30.4 Å². The van der Waals surface area contributed by atoms with Gasteiger partial charge in [0.1, 0.15) is 0 Å². The number of halogens is 1. The zero-order valence-corrected chi connectivity index (χ0v) is 18.6. The second kappa shape index (κ2) is 9.00. The van der Waals surface area contributed by atoms with Crippen molar-refractivity contribution in [2.24, 2.45) is 4.99 Å². The van der Waals surface area contributed by atoms with Gasteiger partial charge in [-0.15, -0.1) is 0 Å². The minimum Gasteiger partial charge on any atom is -0.427 e. The minimum atomic E-state index is -1.62. The van der Waals surface area contributed by atoms with E-state index in [1.54, 1.807) is 11.9 Å². The summed E-state index contributed by atoms with van der Waals surface area (Å²) in [5, 5.41) is 0.635. The van der Waals surface area contributed by atoms with Crippen molar-refractivity contribution in [3.8, 4) is 0 Å². The fourth-order valence-electron chi connectivity index (χ4n) is 3.97. The van der Waals surface area contributed by atoms with E-state index in [-0.39, 0.29) is 12.3 Å². The summed E-state index contributed by atoms with van der Waals surface area (Å²) in [5.41, 5.74) is 2.30. The Morgan fingerprint density at radius 3 is 2.43 bits per heavy atom. The molecule has 5 nitrogen and oxygen atoms in total. The summed E-state index contributed by atoms with van der Waals surface area (Å²) < 4.78 is 5.64. The number of fused-ring (bicyclic) bond motifs is 1. The SMILES string of the molecule is CCCc1c(Cl)ccc2c1C(c1ccccc1)=NC(CCC)(OC(C)=O)C(=O)N2C. The number of likely N-dealkylation sites (N-methyl/N-ethyl adjacent to an activating group) is 1. The van der Waals surface area contributed by atoms with Gasteiger partial charge in [0.05, 0.1) is 11.4 Å². The first-order chi connectivity index (χ1) is 14.3. The fourth-order valence-corrected chi connectivity index (χ4v) is 4.22. The Hall–Kier alpha value is -2.66. The Morgan fingerprint density at radius 2 is 1.83 bits per heavy atom. The minimum absolute atomic E-state index is 0.289. The molecule has 2 aromatic carbocycles. The highest BCUT2D eigenvalue weighted by molar-refractivity contribution is 6.33. The van der Waals surface area contributed by atoms with Crippen LogP contribution in [0.5, 0.6) is 0 Å². The van der Waals surface area contributed by atoms with Crippen LogP contribution in [0.25, 0.3) is 0 Å². The maximum absolute atomic E-state index is 13.6. The van der Waals surface area contributed by atoms with Crippen LogP contribution >= 0.6 is 11.6 Å². The van der Waals surface area contributed by atoms with Crippen molar-refractivity contribution < 1.29 is 14.3 Å². The Labute approximate surface area is 182 Å². The van der Waals surface area contributed by atoms with Gasteiger partial charge < -0.3 is 9.64 Å². The molecule has 0 bridgehead atoms. The fraction of sp³-hybridized carbons (Fsp3) is 0.375. The van der Waals surface area contributed by atoms with Crippen LogP contribution in [0.15, 0.2) is 47.5 Å². The number of anilines is 1. The normalized spacial score (nSPS) is 18.5. The van der Waals surface area contributed by atoms with Gasteiger partial charge in [0, 0.05) is 36.5 Å². The van der Waals surface area contributed by atoms with E-state index in [2.05, 4.69) is 6.92 Å². The van der Waals surface area contributed by atoms with Gasteiger partial charge in [-0.25, -0.2) is 4.99 Å². The van der Waals surface area contributed by atoms with E-state index in [4.69, 9.17) is 21.3 Å². The van der Waals surface area contributed by atoms with Gasteiger partial charge in [-0.2, -0.15) is 0 Å². The van der Waals surface area contributed by atoms with Crippen LogP contribution in [-0.2, 0) is 20.7 Å². The molecule has 0 saturated heterocycles. The van der Waals surface area contributed by atoms with Gasteiger partial charge in [-0.3, -0.25) is 9.59 Å². The van der Waals surface area contributed by atoms with Crippen LogP contribution in [0.4, 0.5) is 5.69 Å². The second-order valence-electron chi connectivity index (χ2n) is 7.49. The average Bonchev–Trinajstić information content (AvgIpc) is 2.80. The van der Waals surface area contributed by atoms with E-state index in [0.29, 0.717) is 22.8 Å². The highest BCUT2D eigenvalue weighted by Gasteiger charge is 2.46. The Balaban J connectivity index is 2.42. The topological polar surface area (TPSA) is 59.0 Å². The summed E-state index contributed by atoms with van der Waals surface area (Å²) in [7, 11) is 1.70. The maximum atomic E-state index is 13.6. The van der Waals surface area contributed by atoms with Crippen molar-refractivity contribution in [2.75, 3.05) is 11.9 Å². The van der Waals surface area contributed by atoms with Crippen LogP contribution in [0, 0.1) is 0 Å². The molecule has 1 unspecified atom stereocenters. The molecule has 1 amide bonds. The van der Waals surface area contributed by atoms with Gasteiger partial charge in [0.2, 0.25) is 0 Å². The molecule has 1 atom stereocenters. The first-order valence-electron chi connectivity index (χ1n) is 10.3.